The Morgan fingerprint density at radius 2 is 2.04 bits per heavy atom. The highest BCUT2D eigenvalue weighted by atomic mass is 32.2. The number of carbonyl (C=O) groups excluding carboxylic acids is 1. The molecule has 152 valence electrons. The Hall–Kier alpha value is -1.81. The number of primary sulfonamides is 1. The van der Waals surface area contributed by atoms with Gasteiger partial charge in [0.05, 0.1) is 10.5 Å². The van der Waals surface area contributed by atoms with Crippen LogP contribution in [-0.2, 0) is 21.0 Å². The molecule has 1 atom stereocenters. The van der Waals surface area contributed by atoms with Gasteiger partial charge in [-0.2, -0.15) is 13.2 Å². The largest absolute Gasteiger partial charge is 0.417 e. The summed E-state index contributed by atoms with van der Waals surface area (Å²) in [5, 5.41) is 7.76. The van der Waals surface area contributed by atoms with Crippen LogP contribution in [0.3, 0.4) is 0 Å². The summed E-state index contributed by atoms with van der Waals surface area (Å²) < 4.78 is 62.8. The normalized spacial score (nSPS) is 18.6. The smallest absolute Gasteiger partial charge is 0.371 e. The first-order valence-electron chi connectivity index (χ1n) is 8.66. The van der Waals surface area contributed by atoms with Crippen LogP contribution in [0.4, 0.5) is 18.9 Å². The average Bonchev–Trinajstić information content (AvgIpc) is 2.57. The van der Waals surface area contributed by atoms with Crippen molar-refractivity contribution in [3.05, 3.63) is 23.8 Å². The Labute approximate surface area is 157 Å². The molecule has 1 unspecified atom stereocenters. The fourth-order valence-electron chi connectivity index (χ4n) is 3.10. The molecule has 1 aliphatic heterocycles. The van der Waals surface area contributed by atoms with E-state index in [1.807, 2.05) is 0 Å². The molecule has 1 aromatic carbocycles. The molecule has 0 aromatic heterocycles. The molecule has 0 bridgehead atoms. The van der Waals surface area contributed by atoms with E-state index in [-0.39, 0.29) is 23.4 Å². The van der Waals surface area contributed by atoms with Crippen molar-refractivity contribution in [2.24, 2.45) is 17.0 Å². The lowest BCUT2D eigenvalue weighted by Gasteiger charge is -2.35. The third kappa shape index (κ3) is 5.58. The van der Waals surface area contributed by atoms with Crippen molar-refractivity contribution in [3.63, 3.8) is 0 Å². The van der Waals surface area contributed by atoms with E-state index in [4.69, 9.17) is 5.14 Å². The van der Waals surface area contributed by atoms with Crippen molar-refractivity contribution in [1.29, 1.82) is 0 Å². The zero-order valence-corrected chi connectivity index (χ0v) is 16.0. The molecule has 0 saturated carbocycles. The molecular weight excluding hydrogens is 383 g/mol. The van der Waals surface area contributed by atoms with E-state index in [2.05, 4.69) is 5.32 Å². The van der Waals surface area contributed by atoms with E-state index < -0.39 is 26.7 Å². The summed E-state index contributed by atoms with van der Waals surface area (Å²) in [5.41, 5.74) is -0.979. The Morgan fingerprint density at radius 3 is 2.59 bits per heavy atom. The molecule has 3 N–H and O–H groups in total. The van der Waals surface area contributed by atoms with Crippen LogP contribution in [-0.4, -0.2) is 34.0 Å². The number of alkyl halides is 3. The maximum atomic E-state index is 13.3. The summed E-state index contributed by atoms with van der Waals surface area (Å²) in [6.45, 7) is 5.06. The molecule has 0 aliphatic carbocycles. The first-order chi connectivity index (χ1) is 12.4. The van der Waals surface area contributed by atoms with Gasteiger partial charge in [0.15, 0.2) is 0 Å². The molecule has 1 amide bonds. The van der Waals surface area contributed by atoms with Gasteiger partial charge < -0.3 is 10.2 Å². The van der Waals surface area contributed by atoms with Crippen LogP contribution >= 0.6 is 0 Å². The second kappa shape index (κ2) is 8.05. The summed E-state index contributed by atoms with van der Waals surface area (Å²) >= 11 is 0. The average molecular weight is 407 g/mol. The highest BCUT2D eigenvalue weighted by Gasteiger charge is 2.37. The fourth-order valence-corrected chi connectivity index (χ4v) is 3.84. The molecule has 1 aliphatic rings. The number of sulfonamides is 1. The number of anilines is 1. The number of nitrogens with zero attached hydrogens (tertiary/aromatic N) is 1. The first-order valence-corrected chi connectivity index (χ1v) is 10.2. The number of nitrogens with one attached hydrogen (secondary N) is 1. The Balaban J connectivity index is 2.21. The number of hydrogen-bond acceptors (Lipinski definition) is 4. The Morgan fingerprint density at radius 1 is 1.37 bits per heavy atom. The maximum absolute atomic E-state index is 13.3. The van der Waals surface area contributed by atoms with E-state index in [0.717, 1.165) is 25.0 Å². The minimum atomic E-state index is -4.84. The summed E-state index contributed by atoms with van der Waals surface area (Å²) in [7, 11) is -4.49. The molecule has 1 fully saturated rings. The quantitative estimate of drug-likeness (QED) is 0.784. The zero-order chi connectivity index (χ0) is 20.4. The number of piperidine rings is 1. The van der Waals surface area contributed by atoms with E-state index in [1.165, 1.54) is 6.07 Å². The Kier molecular flexibility index (Phi) is 6.41. The predicted octanol–water partition coefficient (Wildman–Crippen LogP) is 2.34. The summed E-state index contributed by atoms with van der Waals surface area (Å²) in [5.74, 6) is -0.0949. The van der Waals surface area contributed by atoms with Gasteiger partial charge in [0.25, 0.3) is 0 Å². The Bertz CT molecular complexity index is 794. The number of benzene rings is 1. The van der Waals surface area contributed by atoms with Gasteiger partial charge in [-0.3, -0.25) is 4.79 Å². The van der Waals surface area contributed by atoms with Gasteiger partial charge in [0.2, 0.25) is 15.9 Å². The molecule has 1 saturated heterocycles. The lowest BCUT2D eigenvalue weighted by Crippen LogP contribution is -2.41. The molecule has 0 spiro atoms. The molecule has 1 aromatic rings. The van der Waals surface area contributed by atoms with E-state index in [1.54, 1.807) is 18.7 Å². The lowest BCUT2D eigenvalue weighted by molar-refractivity contribution is -0.139. The molecule has 0 radical (unpaired) electrons. The van der Waals surface area contributed by atoms with Crippen molar-refractivity contribution >= 4 is 21.6 Å². The number of halogens is 3. The van der Waals surface area contributed by atoms with Crippen molar-refractivity contribution in [1.82, 2.24) is 5.32 Å². The van der Waals surface area contributed by atoms with Crippen LogP contribution in [0.15, 0.2) is 23.1 Å². The van der Waals surface area contributed by atoms with Crippen molar-refractivity contribution in [3.8, 4) is 0 Å². The van der Waals surface area contributed by atoms with E-state index in [9.17, 15) is 26.4 Å². The van der Waals surface area contributed by atoms with E-state index in [0.29, 0.717) is 19.6 Å². The molecule has 10 heteroatoms. The van der Waals surface area contributed by atoms with Crippen LogP contribution in [0, 0.1) is 11.8 Å². The van der Waals surface area contributed by atoms with Crippen molar-refractivity contribution in [2.45, 2.75) is 37.8 Å². The number of carbonyl (C=O) groups is 1. The highest BCUT2D eigenvalue weighted by molar-refractivity contribution is 7.89. The van der Waals surface area contributed by atoms with Gasteiger partial charge in [-0.15, -0.1) is 0 Å². The minimum absolute atomic E-state index is 0.0658. The first kappa shape index (κ1) is 21.5. The molecular formula is C17H24F3N3O3S. The van der Waals surface area contributed by atoms with Crippen LogP contribution in [0.5, 0.6) is 0 Å². The summed E-state index contributed by atoms with van der Waals surface area (Å²) in [6.07, 6.45) is -3.21. The predicted molar refractivity (Wildman–Crippen MR) is 95.6 cm³/mol. The molecule has 6 nitrogen and oxygen atoms in total. The standard InChI is InChI=1S/C17H24F3N3O3S/c1-11(2)16(24)22-9-12-4-3-7-23(10-12)13-5-6-15(27(21,25)26)14(8-13)17(18,19)20/h5-6,8,11-12H,3-4,7,9-10H2,1-2H3,(H,22,24)(H2,21,25,26). The highest BCUT2D eigenvalue weighted by Crippen LogP contribution is 2.37. The monoisotopic (exact) mass is 407 g/mol. The summed E-state index contributed by atoms with van der Waals surface area (Å²) in [6, 6.07) is 3.07. The SMILES string of the molecule is CC(C)C(=O)NCC1CCCN(c2ccc(S(N)(=O)=O)c(C(F)(F)F)c2)C1. The van der Waals surface area contributed by atoms with Crippen molar-refractivity contribution in [2.75, 3.05) is 24.5 Å². The van der Waals surface area contributed by atoms with Crippen LogP contribution in [0.1, 0.15) is 32.3 Å². The van der Waals surface area contributed by atoms with E-state index >= 15 is 0 Å². The minimum Gasteiger partial charge on any atom is -0.371 e. The van der Waals surface area contributed by atoms with Crippen LogP contribution in [0.25, 0.3) is 0 Å². The van der Waals surface area contributed by atoms with Gasteiger partial charge in [0, 0.05) is 31.2 Å². The van der Waals surface area contributed by atoms with Crippen molar-refractivity contribution < 1.29 is 26.4 Å². The number of hydrogen-bond donors (Lipinski definition) is 2. The third-order valence-electron chi connectivity index (χ3n) is 4.55. The van der Waals surface area contributed by atoms with Gasteiger partial charge in [-0.1, -0.05) is 13.8 Å². The zero-order valence-electron chi connectivity index (χ0n) is 15.2. The molecule has 2 rings (SSSR count). The van der Waals surface area contributed by atoms with Gasteiger partial charge >= 0.3 is 6.18 Å². The fraction of sp³-hybridized carbons (Fsp3) is 0.588. The second-order valence-electron chi connectivity index (χ2n) is 7.08. The van der Waals surface area contributed by atoms with Gasteiger partial charge in [-0.25, -0.2) is 13.6 Å². The number of rotatable bonds is 5. The number of amides is 1. The van der Waals surface area contributed by atoms with Gasteiger partial charge in [0.1, 0.15) is 0 Å². The third-order valence-corrected chi connectivity index (χ3v) is 5.52. The van der Waals surface area contributed by atoms with Crippen LogP contribution < -0.4 is 15.4 Å². The summed E-state index contributed by atoms with van der Waals surface area (Å²) in [4.78, 5) is 12.5. The van der Waals surface area contributed by atoms with Crippen LogP contribution in [0.2, 0.25) is 0 Å². The second-order valence-corrected chi connectivity index (χ2v) is 8.61. The van der Waals surface area contributed by atoms with Gasteiger partial charge in [-0.05, 0) is 37.0 Å². The maximum Gasteiger partial charge on any atom is 0.417 e. The molecule has 1 heterocycles. The molecule has 27 heavy (non-hydrogen) atoms. The number of nitrogens with two attached hydrogens (primary N) is 1. The lowest BCUT2D eigenvalue weighted by atomic mass is 9.97. The topological polar surface area (TPSA) is 92.5 Å².